The molecule has 0 saturated heterocycles. The molecule has 0 bridgehead atoms. The second kappa shape index (κ2) is 12.8. The predicted octanol–water partition coefficient (Wildman–Crippen LogP) is 8.72. The van der Waals surface area contributed by atoms with E-state index in [0.29, 0.717) is 5.71 Å². The summed E-state index contributed by atoms with van der Waals surface area (Å²) in [6.07, 6.45) is 5.95. The first kappa shape index (κ1) is 29.3. The first-order chi connectivity index (χ1) is 20.0. The largest absolute Gasteiger partial charge is 0.494 e. The number of pyridine rings is 2. The molecule has 1 aliphatic rings. The van der Waals surface area contributed by atoms with Gasteiger partial charge in [-0.3, -0.25) is 0 Å². The van der Waals surface area contributed by atoms with Crippen molar-refractivity contribution in [2.75, 3.05) is 6.54 Å². The Hall–Kier alpha value is -4.21. The SMILES string of the molecule is CCCC[N+]1=C=[N+](c2[c-]c3oc4ncccc4c3cc2)c2ccccc21.Cc1c[c-]c(-c2cc(C)c(C)cn2)cc1.[Ir]. The van der Waals surface area contributed by atoms with Gasteiger partial charge in [-0.05, 0) is 36.6 Å². The second-order valence-corrected chi connectivity index (χ2v) is 10.4. The van der Waals surface area contributed by atoms with E-state index in [1.165, 1.54) is 22.4 Å². The van der Waals surface area contributed by atoms with Crippen LogP contribution in [0.2, 0.25) is 0 Å². The van der Waals surface area contributed by atoms with Gasteiger partial charge in [0.15, 0.2) is 6.54 Å². The number of rotatable bonds is 5. The molecule has 5 nitrogen and oxygen atoms in total. The minimum atomic E-state index is 0. The number of hydrogen-bond donors (Lipinski definition) is 0. The summed E-state index contributed by atoms with van der Waals surface area (Å²) in [6.45, 7) is 9.41. The van der Waals surface area contributed by atoms with E-state index in [4.69, 9.17) is 4.42 Å². The maximum atomic E-state index is 5.90. The van der Waals surface area contributed by atoms with E-state index >= 15 is 0 Å². The van der Waals surface area contributed by atoms with E-state index in [1.807, 2.05) is 24.4 Å². The van der Waals surface area contributed by atoms with Gasteiger partial charge >= 0.3 is 6.01 Å². The van der Waals surface area contributed by atoms with Gasteiger partial charge in [-0.1, -0.05) is 76.8 Å². The van der Waals surface area contributed by atoms with Gasteiger partial charge in [0.25, 0.3) is 11.4 Å². The average Bonchev–Trinajstić information content (AvgIpc) is 3.56. The van der Waals surface area contributed by atoms with E-state index in [-0.39, 0.29) is 20.1 Å². The first-order valence-electron chi connectivity index (χ1n) is 14.1. The first-order valence-corrected chi connectivity index (χ1v) is 14.1. The molecule has 0 spiro atoms. The number of furan rings is 1. The van der Waals surface area contributed by atoms with Crippen molar-refractivity contribution in [1.29, 1.82) is 0 Å². The van der Waals surface area contributed by atoms with E-state index in [1.54, 1.807) is 6.20 Å². The molecule has 0 fully saturated rings. The van der Waals surface area contributed by atoms with E-state index < -0.39 is 0 Å². The van der Waals surface area contributed by atoms with Gasteiger partial charge < -0.3 is 9.40 Å². The monoisotopic (exact) mass is 729 g/mol. The average molecular weight is 729 g/mol. The molecule has 211 valence electrons. The molecule has 1 aliphatic heterocycles. The van der Waals surface area contributed by atoms with Gasteiger partial charge in [-0.25, -0.2) is 4.98 Å². The Kier molecular flexibility index (Phi) is 8.89. The summed E-state index contributed by atoms with van der Waals surface area (Å²) in [7, 11) is 0. The van der Waals surface area contributed by atoms with Gasteiger partial charge in [0.05, 0.1) is 0 Å². The quantitative estimate of drug-likeness (QED) is 0.132. The maximum absolute atomic E-state index is 5.90. The van der Waals surface area contributed by atoms with E-state index in [2.05, 4.69) is 120 Å². The van der Waals surface area contributed by atoms with Crippen LogP contribution < -0.4 is 4.58 Å². The normalized spacial score (nSPS) is 11.8. The van der Waals surface area contributed by atoms with Gasteiger partial charge in [0, 0.05) is 56.6 Å². The number of aromatic nitrogens is 2. The van der Waals surface area contributed by atoms with Crippen LogP contribution in [-0.4, -0.2) is 27.1 Å². The molecule has 42 heavy (non-hydrogen) atoms. The van der Waals surface area contributed by atoms with Crippen molar-refractivity contribution in [1.82, 2.24) is 14.5 Å². The maximum Gasteiger partial charge on any atom is 0.494 e. The molecule has 0 N–H and O–H groups in total. The van der Waals surface area contributed by atoms with Crippen molar-refractivity contribution in [3.63, 3.8) is 0 Å². The Morgan fingerprint density at radius 1 is 0.881 bits per heavy atom. The molecule has 3 aromatic heterocycles. The third kappa shape index (κ3) is 5.89. The molecule has 4 heterocycles. The van der Waals surface area contributed by atoms with Crippen LogP contribution in [0.15, 0.2) is 89.6 Å². The van der Waals surface area contributed by atoms with Gasteiger partial charge in [0.1, 0.15) is 5.69 Å². The van der Waals surface area contributed by atoms with Crippen LogP contribution in [0.25, 0.3) is 33.3 Å². The van der Waals surface area contributed by atoms with Crippen LogP contribution >= 0.6 is 0 Å². The molecule has 6 heteroatoms. The van der Waals surface area contributed by atoms with Crippen molar-refractivity contribution >= 4 is 45.1 Å². The molecule has 3 aromatic carbocycles. The molecule has 0 amide bonds. The third-order valence-electron chi connectivity index (χ3n) is 7.38. The van der Waals surface area contributed by atoms with Crippen LogP contribution in [0.4, 0.5) is 17.1 Å². The Labute approximate surface area is 260 Å². The van der Waals surface area contributed by atoms with Crippen LogP contribution in [0.3, 0.4) is 0 Å². The molecule has 1 radical (unpaired) electrons. The van der Waals surface area contributed by atoms with Gasteiger partial charge in [-0.2, -0.15) is 6.07 Å². The van der Waals surface area contributed by atoms with Crippen LogP contribution in [0.5, 0.6) is 0 Å². The van der Waals surface area contributed by atoms with Gasteiger partial charge in [0.2, 0.25) is 5.71 Å². The standard InChI is InChI=1S/C22H18N3O.C14H14N.Ir/c1-2-3-13-24-15-25(20-9-5-4-8-19(20)24)16-10-11-17-18-7-6-12-23-22(18)26-21(17)14-16;1-10-4-6-13(7-5-10)14-8-11(2)12(3)9-15-14;/h4-12H,2-3,13H2,1H3;4-6,8-9H,1-3H3;/q+1;-1;. The summed E-state index contributed by atoms with van der Waals surface area (Å²) in [6, 6.07) is 34.9. The fraction of sp³-hybridized carbons (Fsp3) is 0.194. The van der Waals surface area contributed by atoms with Crippen molar-refractivity contribution < 1.29 is 29.1 Å². The minimum Gasteiger partial charge on any atom is -0.465 e. The fourth-order valence-electron chi connectivity index (χ4n) is 4.87. The number of fused-ring (bicyclic) bond motifs is 4. The van der Waals surface area contributed by atoms with Crippen molar-refractivity contribution in [2.45, 2.75) is 40.5 Å². The third-order valence-corrected chi connectivity index (χ3v) is 7.38. The van der Waals surface area contributed by atoms with Gasteiger partial charge in [-0.15, -0.1) is 35.4 Å². The van der Waals surface area contributed by atoms with Crippen molar-refractivity contribution in [3.8, 4) is 11.3 Å². The number of hydrogen-bond acceptors (Lipinski definition) is 3. The summed E-state index contributed by atoms with van der Waals surface area (Å²) < 4.78 is 10.1. The molecular formula is C36H32IrN4O. The second-order valence-electron chi connectivity index (χ2n) is 10.4. The Balaban J connectivity index is 0.000000189. The summed E-state index contributed by atoms with van der Waals surface area (Å²) in [5.41, 5.74) is 10.4. The zero-order valence-electron chi connectivity index (χ0n) is 24.2. The zero-order valence-corrected chi connectivity index (χ0v) is 26.6. The van der Waals surface area contributed by atoms with Crippen molar-refractivity contribution in [2.24, 2.45) is 0 Å². The topological polar surface area (TPSA) is 44.9 Å². The molecule has 0 atom stereocenters. The zero-order chi connectivity index (χ0) is 28.3. The molecule has 0 unspecified atom stereocenters. The van der Waals surface area contributed by atoms with Crippen molar-refractivity contribution in [3.05, 3.63) is 114 Å². The van der Waals surface area contributed by atoms with Crippen LogP contribution in [0.1, 0.15) is 36.5 Å². The molecule has 6 aromatic rings. The van der Waals surface area contributed by atoms with E-state index in [0.717, 1.165) is 58.4 Å². The number of unbranched alkanes of at least 4 members (excludes halogenated alkanes) is 1. The summed E-state index contributed by atoms with van der Waals surface area (Å²) in [5, 5.41) is 2.05. The Morgan fingerprint density at radius 3 is 2.48 bits per heavy atom. The number of aryl methyl sites for hydroxylation is 3. The number of nitrogens with zero attached hydrogens (tertiary/aromatic N) is 4. The predicted molar refractivity (Wildman–Crippen MR) is 166 cm³/mol. The summed E-state index contributed by atoms with van der Waals surface area (Å²) in [4.78, 5) is 8.71. The Morgan fingerprint density at radius 2 is 1.71 bits per heavy atom. The summed E-state index contributed by atoms with van der Waals surface area (Å²) >= 11 is 0. The smallest absolute Gasteiger partial charge is 0.465 e. The molecule has 0 saturated carbocycles. The summed E-state index contributed by atoms with van der Waals surface area (Å²) in [5.74, 6) is 0. The molecule has 7 rings (SSSR count). The molecular weight excluding hydrogens is 697 g/mol. The number of benzene rings is 3. The fourth-order valence-corrected chi connectivity index (χ4v) is 4.87. The number of para-hydroxylation sites is 2. The molecule has 0 aliphatic carbocycles. The Bertz CT molecular complexity index is 1950. The van der Waals surface area contributed by atoms with E-state index in [9.17, 15) is 0 Å². The van der Waals surface area contributed by atoms with Crippen LogP contribution in [0, 0.1) is 32.9 Å². The van der Waals surface area contributed by atoms with Crippen LogP contribution in [-0.2, 0) is 20.1 Å². The minimum absolute atomic E-state index is 0.